The first kappa shape index (κ1) is 12.7. The van der Waals surface area contributed by atoms with Gasteiger partial charge >= 0.3 is 6.18 Å². The Balaban J connectivity index is 2.13. The molecule has 1 aliphatic rings. The Morgan fingerprint density at radius 1 is 1.35 bits per heavy atom. The second-order valence-corrected chi connectivity index (χ2v) is 4.76. The highest BCUT2D eigenvalue weighted by Crippen LogP contribution is 2.40. The minimum absolute atomic E-state index is 0.0185. The zero-order valence-electron chi connectivity index (χ0n) is 10.4. The molecule has 0 radical (unpaired) electrons. The van der Waals surface area contributed by atoms with Crippen molar-refractivity contribution >= 4 is 0 Å². The van der Waals surface area contributed by atoms with Crippen LogP contribution >= 0.6 is 0 Å². The number of benzene rings is 1. The maximum Gasteiger partial charge on any atom is 0.416 e. The number of hydrogen-bond acceptors (Lipinski definition) is 2. The molecule has 0 aliphatic carbocycles. The first-order chi connectivity index (χ1) is 9.50. The SMILES string of the molecule is N#Cc1ccc(C2CCc3cncn32)c(C(F)(F)F)c1. The van der Waals surface area contributed by atoms with E-state index < -0.39 is 11.7 Å². The van der Waals surface area contributed by atoms with Crippen LogP contribution in [0.5, 0.6) is 0 Å². The number of rotatable bonds is 1. The number of fused-ring (bicyclic) bond motifs is 1. The third-order valence-electron chi connectivity index (χ3n) is 3.60. The summed E-state index contributed by atoms with van der Waals surface area (Å²) in [5.74, 6) is 0. The predicted molar refractivity (Wildman–Crippen MR) is 64.8 cm³/mol. The molecule has 2 aromatic rings. The molecule has 0 saturated heterocycles. The van der Waals surface area contributed by atoms with Gasteiger partial charge in [0.25, 0.3) is 0 Å². The molecular weight excluding hydrogens is 267 g/mol. The molecule has 0 bridgehead atoms. The average Bonchev–Trinajstić information content (AvgIpc) is 2.99. The second-order valence-electron chi connectivity index (χ2n) is 4.76. The molecule has 3 nitrogen and oxygen atoms in total. The third-order valence-corrected chi connectivity index (χ3v) is 3.60. The second kappa shape index (κ2) is 4.37. The number of nitrogens with zero attached hydrogens (tertiary/aromatic N) is 3. The lowest BCUT2D eigenvalue weighted by Gasteiger charge is -2.19. The Morgan fingerprint density at radius 3 is 2.85 bits per heavy atom. The van der Waals surface area contributed by atoms with Crippen LogP contribution in [-0.2, 0) is 12.6 Å². The Hall–Kier alpha value is -2.29. The molecule has 102 valence electrons. The monoisotopic (exact) mass is 277 g/mol. The third kappa shape index (κ3) is 1.95. The minimum atomic E-state index is -4.47. The van der Waals surface area contributed by atoms with Crippen LogP contribution in [0.2, 0.25) is 0 Å². The molecule has 1 aliphatic heterocycles. The lowest BCUT2D eigenvalue weighted by Crippen LogP contribution is -2.15. The van der Waals surface area contributed by atoms with Crippen molar-refractivity contribution in [2.45, 2.75) is 25.1 Å². The highest BCUT2D eigenvalue weighted by Gasteiger charge is 2.37. The van der Waals surface area contributed by atoms with Gasteiger partial charge in [-0.2, -0.15) is 18.4 Å². The molecule has 0 saturated carbocycles. The van der Waals surface area contributed by atoms with Crippen LogP contribution in [0.4, 0.5) is 13.2 Å². The summed E-state index contributed by atoms with van der Waals surface area (Å²) in [6.45, 7) is 0. The van der Waals surface area contributed by atoms with Crippen molar-refractivity contribution in [2.24, 2.45) is 0 Å². The summed E-state index contributed by atoms with van der Waals surface area (Å²) in [7, 11) is 0. The van der Waals surface area contributed by atoms with E-state index in [2.05, 4.69) is 4.98 Å². The summed E-state index contributed by atoms with van der Waals surface area (Å²) in [5.41, 5.74) is 0.425. The van der Waals surface area contributed by atoms with Gasteiger partial charge in [-0.15, -0.1) is 0 Å². The zero-order valence-corrected chi connectivity index (χ0v) is 10.4. The first-order valence-corrected chi connectivity index (χ1v) is 6.12. The highest BCUT2D eigenvalue weighted by atomic mass is 19.4. The zero-order chi connectivity index (χ0) is 14.3. The van der Waals surface area contributed by atoms with Crippen LogP contribution < -0.4 is 0 Å². The molecular formula is C14H10F3N3. The van der Waals surface area contributed by atoms with Gasteiger partial charge in [0.05, 0.1) is 29.6 Å². The molecule has 0 spiro atoms. The van der Waals surface area contributed by atoms with E-state index >= 15 is 0 Å². The lowest BCUT2D eigenvalue weighted by molar-refractivity contribution is -0.138. The van der Waals surface area contributed by atoms with Gasteiger partial charge in [0, 0.05) is 11.9 Å². The van der Waals surface area contributed by atoms with E-state index in [0.717, 1.165) is 11.8 Å². The normalized spacial score (nSPS) is 17.8. The molecule has 3 rings (SSSR count). The standard InChI is InChI=1S/C14H10F3N3/c15-14(16,17)12-5-9(6-18)1-3-11(12)13-4-2-10-7-19-8-20(10)13/h1,3,5,7-8,13H,2,4H2. The minimum Gasteiger partial charge on any atom is -0.327 e. The fourth-order valence-corrected chi connectivity index (χ4v) is 2.70. The van der Waals surface area contributed by atoms with Crippen molar-refractivity contribution in [3.8, 4) is 6.07 Å². The van der Waals surface area contributed by atoms with Gasteiger partial charge in [-0.1, -0.05) is 6.07 Å². The molecule has 20 heavy (non-hydrogen) atoms. The molecule has 1 aromatic heterocycles. The number of aryl methyl sites for hydroxylation is 1. The summed E-state index contributed by atoms with van der Waals surface area (Å²) in [6.07, 6.45) is 0.0998. The number of nitriles is 1. The van der Waals surface area contributed by atoms with Crippen LogP contribution in [-0.4, -0.2) is 9.55 Å². The maximum atomic E-state index is 13.2. The molecule has 6 heteroatoms. The number of halogens is 3. The van der Waals surface area contributed by atoms with Crippen molar-refractivity contribution in [3.05, 3.63) is 53.1 Å². The van der Waals surface area contributed by atoms with Crippen molar-refractivity contribution < 1.29 is 13.2 Å². The molecule has 1 atom stereocenters. The van der Waals surface area contributed by atoms with E-state index in [0.29, 0.717) is 12.8 Å². The van der Waals surface area contributed by atoms with E-state index in [1.165, 1.54) is 12.1 Å². The van der Waals surface area contributed by atoms with Crippen LogP contribution in [0, 0.1) is 11.3 Å². The van der Waals surface area contributed by atoms with Gasteiger partial charge in [-0.25, -0.2) is 4.98 Å². The van der Waals surface area contributed by atoms with Gasteiger partial charge in [-0.05, 0) is 30.5 Å². The topological polar surface area (TPSA) is 41.6 Å². The summed E-state index contributed by atoms with van der Waals surface area (Å²) in [5, 5.41) is 8.78. The van der Waals surface area contributed by atoms with E-state index in [4.69, 9.17) is 5.26 Å². The van der Waals surface area contributed by atoms with Crippen LogP contribution in [0.25, 0.3) is 0 Å². The van der Waals surface area contributed by atoms with Gasteiger partial charge in [0.15, 0.2) is 0 Å². The molecule has 2 heterocycles. The number of aromatic nitrogens is 2. The Bertz CT molecular complexity index is 694. The van der Waals surface area contributed by atoms with Crippen LogP contribution in [0.3, 0.4) is 0 Å². The maximum absolute atomic E-state index is 13.2. The van der Waals surface area contributed by atoms with Gasteiger partial charge < -0.3 is 4.57 Å². The number of alkyl halides is 3. The van der Waals surface area contributed by atoms with Gasteiger partial charge in [-0.3, -0.25) is 0 Å². The van der Waals surface area contributed by atoms with Gasteiger partial charge in [0.2, 0.25) is 0 Å². The van der Waals surface area contributed by atoms with Crippen molar-refractivity contribution in [2.75, 3.05) is 0 Å². The van der Waals surface area contributed by atoms with E-state index in [-0.39, 0.29) is 17.2 Å². The van der Waals surface area contributed by atoms with E-state index in [1.54, 1.807) is 23.2 Å². The fraction of sp³-hybridized carbons (Fsp3) is 0.286. The predicted octanol–water partition coefficient (Wildman–Crippen LogP) is 3.31. The fourth-order valence-electron chi connectivity index (χ4n) is 2.70. The summed E-state index contributed by atoms with van der Waals surface area (Å²) >= 11 is 0. The number of hydrogen-bond donors (Lipinski definition) is 0. The highest BCUT2D eigenvalue weighted by molar-refractivity contribution is 5.42. The van der Waals surface area contributed by atoms with Crippen LogP contribution in [0.15, 0.2) is 30.7 Å². The van der Waals surface area contributed by atoms with Gasteiger partial charge in [0.1, 0.15) is 0 Å². The quantitative estimate of drug-likeness (QED) is 0.802. The summed E-state index contributed by atoms with van der Waals surface area (Å²) < 4.78 is 41.3. The van der Waals surface area contributed by atoms with Crippen LogP contribution in [0.1, 0.15) is 34.8 Å². The summed E-state index contributed by atoms with van der Waals surface area (Å²) in [6, 6.07) is 5.14. The molecule has 1 unspecified atom stereocenters. The van der Waals surface area contributed by atoms with Crippen molar-refractivity contribution in [3.63, 3.8) is 0 Å². The van der Waals surface area contributed by atoms with Crippen molar-refractivity contribution in [1.82, 2.24) is 9.55 Å². The molecule has 0 fully saturated rings. The van der Waals surface area contributed by atoms with E-state index in [1.807, 2.05) is 0 Å². The summed E-state index contributed by atoms with van der Waals surface area (Å²) in [4.78, 5) is 3.97. The first-order valence-electron chi connectivity index (χ1n) is 6.12. The molecule has 1 aromatic carbocycles. The Kier molecular flexibility index (Phi) is 2.78. The molecule has 0 N–H and O–H groups in total. The lowest BCUT2D eigenvalue weighted by atomic mass is 9.96. The smallest absolute Gasteiger partial charge is 0.327 e. The van der Waals surface area contributed by atoms with Crippen molar-refractivity contribution in [1.29, 1.82) is 5.26 Å². The Morgan fingerprint density at radius 2 is 2.15 bits per heavy atom. The molecule has 0 amide bonds. The average molecular weight is 277 g/mol. The van der Waals surface area contributed by atoms with E-state index in [9.17, 15) is 13.2 Å². The Labute approximate surface area is 113 Å². The number of imidazole rings is 1. The largest absolute Gasteiger partial charge is 0.416 e.